The van der Waals surface area contributed by atoms with E-state index in [1.165, 1.54) is 26.4 Å². The molecule has 0 unspecified atom stereocenters. The van der Waals surface area contributed by atoms with Crippen molar-refractivity contribution < 1.29 is 28.6 Å². The normalized spacial score (nSPS) is 13.6. The number of hydrogen-bond acceptors (Lipinski definition) is 5. The van der Waals surface area contributed by atoms with E-state index in [0.717, 1.165) is 16.7 Å². The molecule has 0 radical (unpaired) electrons. The lowest BCUT2D eigenvalue weighted by Gasteiger charge is -2.11. The average molecular weight is 461 g/mol. The highest BCUT2D eigenvalue weighted by Crippen LogP contribution is 2.45. The second-order valence-electron chi connectivity index (χ2n) is 7.74. The van der Waals surface area contributed by atoms with Gasteiger partial charge in [0.05, 0.1) is 20.6 Å². The maximum absolute atomic E-state index is 14.1. The van der Waals surface area contributed by atoms with Crippen LogP contribution in [0.2, 0.25) is 0 Å². The molecule has 0 heterocycles. The van der Waals surface area contributed by atoms with Gasteiger partial charge in [0.15, 0.2) is 17.2 Å². The number of nitrogens with one attached hydrogen (secondary N) is 1. The molecular formula is C27H24FNO5. The molecule has 6 nitrogen and oxygen atoms in total. The highest BCUT2D eigenvalue weighted by molar-refractivity contribution is 6.08. The minimum atomic E-state index is -0.390. The number of allylic oxidation sites excluding steroid dienone is 2. The van der Waals surface area contributed by atoms with E-state index in [1.807, 2.05) is 19.1 Å². The van der Waals surface area contributed by atoms with Gasteiger partial charge in [0, 0.05) is 0 Å². The van der Waals surface area contributed by atoms with E-state index >= 15 is 0 Å². The number of hydroxylamine groups is 1. The fourth-order valence-corrected chi connectivity index (χ4v) is 3.95. The summed E-state index contributed by atoms with van der Waals surface area (Å²) in [6, 6.07) is 16.8. The number of fused-ring (bicyclic) bond motifs is 1. The van der Waals surface area contributed by atoms with Gasteiger partial charge in [-0.2, -0.15) is 5.48 Å². The summed E-state index contributed by atoms with van der Waals surface area (Å²) >= 11 is 0. The Morgan fingerprint density at radius 1 is 1.00 bits per heavy atom. The summed E-state index contributed by atoms with van der Waals surface area (Å²) in [5.74, 6) is 0.201. The van der Waals surface area contributed by atoms with E-state index in [2.05, 4.69) is 5.48 Å². The van der Waals surface area contributed by atoms with E-state index in [9.17, 15) is 14.3 Å². The Labute approximate surface area is 196 Å². The number of halogens is 1. The van der Waals surface area contributed by atoms with Crippen molar-refractivity contribution in [2.75, 3.05) is 14.2 Å². The van der Waals surface area contributed by atoms with Gasteiger partial charge in [-0.3, -0.25) is 4.79 Å². The van der Waals surface area contributed by atoms with Crippen molar-refractivity contribution in [2.24, 2.45) is 0 Å². The number of carbonyl (C=O) groups is 1. The number of aromatic hydroxyl groups is 1. The maximum Gasteiger partial charge on any atom is 0.257 e. The van der Waals surface area contributed by atoms with Crippen LogP contribution in [-0.2, 0) is 4.79 Å². The number of benzene rings is 3. The topological polar surface area (TPSA) is 77.0 Å². The Balaban J connectivity index is 1.68. The van der Waals surface area contributed by atoms with Crippen molar-refractivity contribution in [2.45, 2.75) is 13.3 Å². The van der Waals surface area contributed by atoms with Gasteiger partial charge in [-0.05, 0) is 82.8 Å². The van der Waals surface area contributed by atoms with Gasteiger partial charge in [-0.1, -0.05) is 24.3 Å². The number of carbonyl (C=O) groups excluding carboxylic acids is 1. The van der Waals surface area contributed by atoms with Crippen LogP contribution in [0, 0.1) is 5.82 Å². The lowest BCUT2D eigenvalue weighted by molar-refractivity contribution is -0.126. The lowest BCUT2D eigenvalue weighted by Crippen LogP contribution is -2.26. The zero-order valence-corrected chi connectivity index (χ0v) is 19.0. The van der Waals surface area contributed by atoms with Crippen LogP contribution in [0.1, 0.15) is 30.0 Å². The standard InChI is InChI=1S/C27H24FNO5/c1-16-21(11-17-12-24(32-2)27(31)25(13-17)33-3)20-10-9-18(28)14-23(20)22(16)15-26(30)29-34-19-7-5-4-6-8-19/h4-14,31H,15H2,1-3H3,(H,29,30)/b21-11-. The van der Waals surface area contributed by atoms with Gasteiger partial charge >= 0.3 is 0 Å². The smallest absolute Gasteiger partial charge is 0.257 e. The first-order valence-corrected chi connectivity index (χ1v) is 10.6. The van der Waals surface area contributed by atoms with E-state index < -0.39 is 0 Å². The van der Waals surface area contributed by atoms with Crippen LogP contribution < -0.4 is 19.8 Å². The third kappa shape index (κ3) is 4.59. The molecule has 0 atom stereocenters. The number of amides is 1. The van der Waals surface area contributed by atoms with Crippen LogP contribution in [0.3, 0.4) is 0 Å². The molecule has 7 heteroatoms. The highest BCUT2D eigenvalue weighted by atomic mass is 19.1. The summed E-state index contributed by atoms with van der Waals surface area (Å²) < 4.78 is 24.6. The predicted octanol–water partition coefficient (Wildman–Crippen LogP) is 5.38. The highest BCUT2D eigenvalue weighted by Gasteiger charge is 2.26. The molecule has 34 heavy (non-hydrogen) atoms. The zero-order valence-electron chi connectivity index (χ0n) is 19.0. The number of hydrogen-bond donors (Lipinski definition) is 2. The van der Waals surface area contributed by atoms with Crippen molar-refractivity contribution in [3.8, 4) is 23.0 Å². The molecule has 3 aromatic rings. The largest absolute Gasteiger partial charge is 0.502 e. The molecule has 4 rings (SSSR count). The monoisotopic (exact) mass is 461 g/mol. The molecule has 174 valence electrons. The van der Waals surface area contributed by atoms with Crippen molar-refractivity contribution in [1.29, 1.82) is 0 Å². The van der Waals surface area contributed by atoms with E-state index in [1.54, 1.807) is 42.5 Å². The van der Waals surface area contributed by atoms with Gasteiger partial charge in [-0.25, -0.2) is 4.39 Å². The van der Waals surface area contributed by atoms with E-state index in [4.69, 9.17) is 14.3 Å². The number of methoxy groups -OCH3 is 2. The van der Waals surface area contributed by atoms with Crippen LogP contribution in [0.25, 0.3) is 17.2 Å². The van der Waals surface area contributed by atoms with Crippen LogP contribution in [-0.4, -0.2) is 25.2 Å². The van der Waals surface area contributed by atoms with Gasteiger partial charge in [0.25, 0.3) is 5.91 Å². The summed E-state index contributed by atoms with van der Waals surface area (Å²) in [6.07, 6.45) is 1.90. The van der Waals surface area contributed by atoms with E-state index in [0.29, 0.717) is 22.4 Å². The Bertz CT molecular complexity index is 1270. The minimum absolute atomic E-state index is 0.00861. The third-order valence-electron chi connectivity index (χ3n) is 5.63. The summed E-state index contributed by atoms with van der Waals surface area (Å²) in [5, 5.41) is 10.2. The fourth-order valence-electron chi connectivity index (χ4n) is 3.95. The molecule has 0 fully saturated rings. The van der Waals surface area contributed by atoms with Crippen LogP contribution >= 0.6 is 0 Å². The van der Waals surface area contributed by atoms with Crippen LogP contribution in [0.5, 0.6) is 23.0 Å². The zero-order chi connectivity index (χ0) is 24.2. The summed E-state index contributed by atoms with van der Waals surface area (Å²) in [5.41, 5.74) is 6.98. The van der Waals surface area contributed by atoms with Gasteiger partial charge in [0.1, 0.15) is 5.82 Å². The molecule has 0 aromatic heterocycles. The van der Waals surface area contributed by atoms with Crippen molar-refractivity contribution in [3.63, 3.8) is 0 Å². The van der Waals surface area contributed by atoms with Crippen molar-refractivity contribution in [1.82, 2.24) is 5.48 Å². The summed E-state index contributed by atoms with van der Waals surface area (Å²) in [6.45, 7) is 1.89. The SMILES string of the molecule is COc1cc(/C=C2/C(C)=C(CC(=O)NOc3ccccc3)c3cc(F)ccc32)cc(OC)c1O. The predicted molar refractivity (Wildman–Crippen MR) is 128 cm³/mol. The van der Waals surface area contributed by atoms with Crippen molar-refractivity contribution in [3.05, 3.63) is 88.7 Å². The number of ether oxygens (including phenoxy) is 2. The number of para-hydroxylation sites is 1. The lowest BCUT2D eigenvalue weighted by atomic mass is 10.00. The average Bonchev–Trinajstić information content (AvgIpc) is 3.09. The molecule has 0 saturated carbocycles. The minimum Gasteiger partial charge on any atom is -0.502 e. The van der Waals surface area contributed by atoms with Crippen molar-refractivity contribution >= 4 is 23.1 Å². The van der Waals surface area contributed by atoms with Gasteiger partial charge in [-0.15, -0.1) is 0 Å². The van der Waals surface area contributed by atoms with Crippen LogP contribution in [0.15, 0.2) is 66.2 Å². The van der Waals surface area contributed by atoms with Gasteiger partial charge in [0.2, 0.25) is 5.75 Å². The number of phenolic OH excluding ortho intramolecular Hbond substituents is 1. The first kappa shape index (κ1) is 22.9. The Morgan fingerprint density at radius 3 is 2.32 bits per heavy atom. The summed E-state index contributed by atoms with van der Waals surface area (Å²) in [7, 11) is 2.91. The number of rotatable bonds is 7. The fraction of sp³-hybridized carbons (Fsp3) is 0.148. The second kappa shape index (κ2) is 9.70. The molecule has 1 amide bonds. The van der Waals surface area contributed by atoms with Crippen LogP contribution in [0.4, 0.5) is 4.39 Å². The Morgan fingerprint density at radius 2 is 1.68 bits per heavy atom. The molecule has 1 aliphatic carbocycles. The Kier molecular flexibility index (Phi) is 6.54. The third-order valence-corrected chi connectivity index (χ3v) is 5.63. The Hall–Kier alpha value is -4.26. The first-order chi connectivity index (χ1) is 16.4. The van der Waals surface area contributed by atoms with Gasteiger partial charge < -0.3 is 19.4 Å². The first-order valence-electron chi connectivity index (χ1n) is 10.6. The molecule has 0 saturated heterocycles. The number of phenols is 1. The summed E-state index contributed by atoms with van der Waals surface area (Å²) in [4.78, 5) is 18.0. The molecule has 0 aliphatic heterocycles. The molecule has 1 aliphatic rings. The van der Waals surface area contributed by atoms with E-state index in [-0.39, 0.29) is 35.4 Å². The molecule has 3 aromatic carbocycles. The molecule has 2 N–H and O–H groups in total. The molecule has 0 bridgehead atoms. The maximum atomic E-state index is 14.1. The molecule has 0 spiro atoms. The second-order valence-corrected chi connectivity index (χ2v) is 7.74. The molecular weight excluding hydrogens is 437 g/mol. The quantitative estimate of drug-likeness (QED) is 0.462.